The minimum absolute atomic E-state index is 0.0558. The summed E-state index contributed by atoms with van der Waals surface area (Å²) in [5, 5.41) is 7.02. The van der Waals surface area contributed by atoms with Crippen molar-refractivity contribution in [2.24, 2.45) is 0 Å². The highest BCUT2D eigenvalue weighted by molar-refractivity contribution is 5.78. The van der Waals surface area contributed by atoms with E-state index in [0.717, 1.165) is 37.3 Å². The summed E-state index contributed by atoms with van der Waals surface area (Å²) in [5.41, 5.74) is 1.95. The van der Waals surface area contributed by atoms with Crippen LogP contribution in [-0.2, 0) is 17.9 Å². The molecular formula is C21H24N6O2. The third-order valence-corrected chi connectivity index (χ3v) is 4.91. The first-order chi connectivity index (χ1) is 14.3. The quantitative estimate of drug-likeness (QED) is 0.653. The summed E-state index contributed by atoms with van der Waals surface area (Å²) in [6.45, 7) is 4.99. The molecule has 3 aromatic rings. The lowest BCUT2D eigenvalue weighted by atomic mass is 10.2. The molecule has 0 aliphatic carbocycles. The van der Waals surface area contributed by atoms with Gasteiger partial charge in [-0.15, -0.1) is 0 Å². The monoisotopic (exact) mass is 392 g/mol. The molecule has 1 aliphatic rings. The van der Waals surface area contributed by atoms with Crippen LogP contribution in [0.3, 0.4) is 0 Å². The zero-order valence-corrected chi connectivity index (χ0v) is 16.2. The Balaban J connectivity index is 1.20. The number of nitrogens with one attached hydrogen (secondary N) is 1. The zero-order valence-electron chi connectivity index (χ0n) is 16.2. The van der Waals surface area contributed by atoms with Crippen LogP contribution >= 0.6 is 0 Å². The molecular weight excluding hydrogens is 368 g/mol. The second-order valence-electron chi connectivity index (χ2n) is 7.07. The molecule has 4 rings (SSSR count). The molecule has 0 radical (unpaired) electrons. The summed E-state index contributed by atoms with van der Waals surface area (Å²) >= 11 is 0. The normalized spacial score (nSPS) is 15.3. The predicted octanol–water partition coefficient (Wildman–Crippen LogP) is 1.57. The van der Waals surface area contributed by atoms with Gasteiger partial charge in [-0.2, -0.15) is 4.98 Å². The van der Waals surface area contributed by atoms with Crippen LogP contribution in [0.4, 0.5) is 0 Å². The second kappa shape index (κ2) is 9.40. The van der Waals surface area contributed by atoms with E-state index in [1.807, 2.05) is 42.5 Å². The number of hydrogen-bond acceptors (Lipinski definition) is 7. The highest BCUT2D eigenvalue weighted by Gasteiger charge is 2.21. The Labute approximate surface area is 169 Å². The molecule has 0 spiro atoms. The molecule has 8 heteroatoms. The first-order valence-corrected chi connectivity index (χ1v) is 9.74. The van der Waals surface area contributed by atoms with E-state index in [2.05, 4.69) is 30.2 Å². The lowest BCUT2D eigenvalue weighted by Gasteiger charge is -2.33. The molecule has 1 N–H and O–H groups in total. The van der Waals surface area contributed by atoms with Gasteiger partial charge in [-0.05, 0) is 17.7 Å². The van der Waals surface area contributed by atoms with Gasteiger partial charge in [0.15, 0.2) is 0 Å². The number of rotatable bonds is 7. The van der Waals surface area contributed by atoms with Crippen molar-refractivity contribution in [3.05, 3.63) is 66.3 Å². The number of carbonyl (C=O) groups is 1. The third kappa shape index (κ3) is 5.46. The molecule has 8 nitrogen and oxygen atoms in total. The number of benzene rings is 1. The van der Waals surface area contributed by atoms with Crippen molar-refractivity contribution < 1.29 is 9.32 Å². The summed E-state index contributed by atoms with van der Waals surface area (Å²) in [5.74, 6) is 1.21. The predicted molar refractivity (Wildman–Crippen MR) is 108 cm³/mol. The van der Waals surface area contributed by atoms with E-state index in [1.165, 1.54) is 0 Å². The molecule has 1 aliphatic heterocycles. The minimum Gasteiger partial charge on any atom is -0.351 e. The van der Waals surface area contributed by atoms with Crippen LogP contribution in [0.25, 0.3) is 11.4 Å². The lowest BCUT2D eigenvalue weighted by molar-refractivity contribution is -0.122. The van der Waals surface area contributed by atoms with Gasteiger partial charge in [0.05, 0.1) is 13.1 Å². The second-order valence-corrected chi connectivity index (χ2v) is 7.07. The van der Waals surface area contributed by atoms with Crippen molar-refractivity contribution in [3.63, 3.8) is 0 Å². The number of pyridine rings is 1. The average Bonchev–Trinajstić information content (AvgIpc) is 3.24. The third-order valence-electron chi connectivity index (χ3n) is 4.91. The van der Waals surface area contributed by atoms with Crippen molar-refractivity contribution in [1.82, 2.24) is 30.2 Å². The number of aromatic nitrogens is 3. The van der Waals surface area contributed by atoms with Gasteiger partial charge >= 0.3 is 0 Å². The Morgan fingerprint density at radius 1 is 1.03 bits per heavy atom. The van der Waals surface area contributed by atoms with Crippen molar-refractivity contribution >= 4 is 5.91 Å². The van der Waals surface area contributed by atoms with E-state index in [0.29, 0.717) is 31.3 Å². The largest absolute Gasteiger partial charge is 0.351 e. The molecule has 29 heavy (non-hydrogen) atoms. The van der Waals surface area contributed by atoms with Gasteiger partial charge in [-0.1, -0.05) is 35.5 Å². The maximum Gasteiger partial charge on any atom is 0.241 e. The number of nitrogens with zero attached hydrogens (tertiary/aromatic N) is 5. The van der Waals surface area contributed by atoms with E-state index >= 15 is 0 Å². The summed E-state index contributed by atoms with van der Waals surface area (Å²) in [6, 6.07) is 13.7. The molecule has 1 fully saturated rings. The molecule has 1 amide bonds. The Bertz CT molecular complexity index is 907. The molecule has 2 aromatic heterocycles. The molecule has 0 atom stereocenters. The molecule has 0 bridgehead atoms. The average molecular weight is 392 g/mol. The molecule has 0 saturated carbocycles. The summed E-state index contributed by atoms with van der Waals surface area (Å²) in [6.07, 6.45) is 3.43. The van der Waals surface area contributed by atoms with Crippen LogP contribution in [0.5, 0.6) is 0 Å². The number of piperazine rings is 1. The van der Waals surface area contributed by atoms with Crippen LogP contribution in [0.2, 0.25) is 0 Å². The van der Waals surface area contributed by atoms with Gasteiger partial charge in [0.25, 0.3) is 0 Å². The van der Waals surface area contributed by atoms with Crippen molar-refractivity contribution in [1.29, 1.82) is 0 Å². The number of amides is 1. The first-order valence-electron chi connectivity index (χ1n) is 9.74. The number of carbonyl (C=O) groups excluding carboxylic acids is 1. The van der Waals surface area contributed by atoms with E-state index in [-0.39, 0.29) is 5.91 Å². The fraction of sp³-hybridized carbons (Fsp3) is 0.333. The molecule has 150 valence electrons. The minimum atomic E-state index is 0.0558. The zero-order chi connectivity index (χ0) is 19.9. The molecule has 1 aromatic carbocycles. The standard InChI is InChI=1S/C21H24N6O2/c28-19(23-13-17-5-2-1-3-6-17)15-26-9-11-27(12-10-26)16-20-24-21(25-29-20)18-7-4-8-22-14-18/h1-8,14H,9-13,15-16H2,(H,23,28). The lowest BCUT2D eigenvalue weighted by Crippen LogP contribution is -2.49. The van der Waals surface area contributed by atoms with Gasteiger partial charge < -0.3 is 9.84 Å². The van der Waals surface area contributed by atoms with Gasteiger partial charge in [-0.3, -0.25) is 19.6 Å². The SMILES string of the molecule is O=C(CN1CCN(Cc2nc(-c3cccnc3)no2)CC1)NCc1ccccc1. The highest BCUT2D eigenvalue weighted by atomic mass is 16.5. The van der Waals surface area contributed by atoms with Crippen LogP contribution in [-0.4, -0.2) is 63.6 Å². The van der Waals surface area contributed by atoms with Crippen LogP contribution in [0, 0.1) is 0 Å². The van der Waals surface area contributed by atoms with Gasteiger partial charge in [0.2, 0.25) is 17.6 Å². The van der Waals surface area contributed by atoms with Crippen molar-refractivity contribution in [2.75, 3.05) is 32.7 Å². The Kier molecular flexibility index (Phi) is 6.23. The topological polar surface area (TPSA) is 87.4 Å². The molecule has 0 unspecified atom stereocenters. The van der Waals surface area contributed by atoms with E-state index < -0.39 is 0 Å². The fourth-order valence-electron chi connectivity index (χ4n) is 3.28. The van der Waals surface area contributed by atoms with Gasteiger partial charge in [0, 0.05) is 50.7 Å². The smallest absolute Gasteiger partial charge is 0.241 e. The van der Waals surface area contributed by atoms with Crippen LogP contribution < -0.4 is 5.32 Å². The van der Waals surface area contributed by atoms with Crippen molar-refractivity contribution in [3.8, 4) is 11.4 Å². The van der Waals surface area contributed by atoms with E-state index in [1.54, 1.807) is 12.4 Å². The highest BCUT2D eigenvalue weighted by Crippen LogP contribution is 2.15. The van der Waals surface area contributed by atoms with Crippen molar-refractivity contribution in [2.45, 2.75) is 13.1 Å². The molecule has 3 heterocycles. The van der Waals surface area contributed by atoms with Crippen LogP contribution in [0.15, 0.2) is 59.4 Å². The van der Waals surface area contributed by atoms with Gasteiger partial charge in [0.1, 0.15) is 0 Å². The van der Waals surface area contributed by atoms with E-state index in [4.69, 9.17) is 4.52 Å². The van der Waals surface area contributed by atoms with Gasteiger partial charge in [-0.25, -0.2) is 0 Å². The molecule has 1 saturated heterocycles. The Morgan fingerprint density at radius 2 is 1.83 bits per heavy atom. The van der Waals surface area contributed by atoms with Crippen LogP contribution in [0.1, 0.15) is 11.5 Å². The Hall–Kier alpha value is -3.10. The maximum absolute atomic E-state index is 12.2. The summed E-state index contributed by atoms with van der Waals surface area (Å²) in [7, 11) is 0. The number of hydrogen-bond donors (Lipinski definition) is 1. The Morgan fingerprint density at radius 3 is 2.59 bits per heavy atom. The fourth-order valence-corrected chi connectivity index (χ4v) is 3.28. The first kappa shape index (κ1) is 19.2. The summed E-state index contributed by atoms with van der Waals surface area (Å²) in [4.78, 5) is 25.2. The summed E-state index contributed by atoms with van der Waals surface area (Å²) < 4.78 is 5.38. The van der Waals surface area contributed by atoms with E-state index in [9.17, 15) is 4.79 Å². The maximum atomic E-state index is 12.2.